The van der Waals surface area contributed by atoms with Crippen LogP contribution in [0.15, 0.2) is 11.1 Å². The van der Waals surface area contributed by atoms with Crippen molar-refractivity contribution in [3.8, 4) is 5.75 Å². The fourth-order valence-corrected chi connectivity index (χ4v) is 1.32. The number of ether oxygens (including phenoxy) is 1. The zero-order valence-corrected chi connectivity index (χ0v) is 9.73. The van der Waals surface area contributed by atoms with E-state index in [-0.39, 0.29) is 17.4 Å². The molecule has 1 atom stereocenters. The summed E-state index contributed by atoms with van der Waals surface area (Å²) >= 11 is 0. The number of anilines is 1. The Kier molecular flexibility index (Phi) is 4.30. The van der Waals surface area contributed by atoms with Crippen molar-refractivity contribution >= 4 is 5.82 Å². The van der Waals surface area contributed by atoms with Crippen LogP contribution in [0.25, 0.3) is 0 Å². The largest absolute Gasteiger partial charge is 0.489 e. The van der Waals surface area contributed by atoms with Crippen LogP contribution in [-0.4, -0.2) is 41.9 Å². The molecular formula is C10H17N3O3. The summed E-state index contributed by atoms with van der Waals surface area (Å²) in [5.41, 5.74) is -0.309. The lowest BCUT2D eigenvalue weighted by Gasteiger charge is -2.20. The number of aliphatic hydroxyl groups is 1. The first kappa shape index (κ1) is 12.5. The molecule has 6 nitrogen and oxygen atoms in total. The summed E-state index contributed by atoms with van der Waals surface area (Å²) in [5.74, 6) is 0.669. The number of nitrogens with one attached hydrogen (secondary N) is 1. The Bertz CT molecular complexity index is 389. The SMILES string of the molecule is COc1c(N(C)CCC(C)O)nc[nH]c1=O. The Morgan fingerprint density at radius 3 is 2.94 bits per heavy atom. The minimum Gasteiger partial charge on any atom is -0.489 e. The van der Waals surface area contributed by atoms with Crippen molar-refractivity contribution in [2.45, 2.75) is 19.4 Å². The Hall–Kier alpha value is -1.56. The van der Waals surface area contributed by atoms with Gasteiger partial charge in [0.1, 0.15) is 0 Å². The van der Waals surface area contributed by atoms with Gasteiger partial charge in [0, 0.05) is 13.6 Å². The van der Waals surface area contributed by atoms with E-state index in [1.165, 1.54) is 13.4 Å². The fraction of sp³-hybridized carbons (Fsp3) is 0.600. The maximum atomic E-state index is 11.4. The molecular weight excluding hydrogens is 210 g/mol. The van der Waals surface area contributed by atoms with Crippen LogP contribution < -0.4 is 15.2 Å². The Labute approximate surface area is 93.9 Å². The second-order valence-electron chi connectivity index (χ2n) is 3.65. The molecule has 0 saturated heterocycles. The van der Waals surface area contributed by atoms with Crippen molar-refractivity contribution in [1.82, 2.24) is 9.97 Å². The van der Waals surface area contributed by atoms with E-state index >= 15 is 0 Å². The number of hydrogen-bond donors (Lipinski definition) is 2. The van der Waals surface area contributed by atoms with Gasteiger partial charge in [-0.1, -0.05) is 0 Å². The molecule has 16 heavy (non-hydrogen) atoms. The number of hydrogen-bond acceptors (Lipinski definition) is 5. The van der Waals surface area contributed by atoms with Crippen LogP contribution in [0, 0.1) is 0 Å². The van der Waals surface area contributed by atoms with E-state index in [9.17, 15) is 9.90 Å². The second kappa shape index (κ2) is 5.50. The molecule has 90 valence electrons. The lowest BCUT2D eigenvalue weighted by atomic mass is 10.3. The molecule has 1 rings (SSSR count). The maximum absolute atomic E-state index is 11.4. The summed E-state index contributed by atoms with van der Waals surface area (Å²) < 4.78 is 4.99. The molecule has 6 heteroatoms. The standard InChI is InChI=1S/C10H17N3O3/c1-7(14)4-5-13(2)9-8(16-3)10(15)12-6-11-9/h6-7,14H,4-5H2,1-3H3,(H,11,12,15). The van der Waals surface area contributed by atoms with Crippen LogP contribution in [0.2, 0.25) is 0 Å². The van der Waals surface area contributed by atoms with Crippen LogP contribution in [0.4, 0.5) is 5.82 Å². The average Bonchev–Trinajstić information content (AvgIpc) is 2.25. The lowest BCUT2D eigenvalue weighted by molar-refractivity contribution is 0.186. The summed E-state index contributed by atoms with van der Waals surface area (Å²) in [6.45, 7) is 2.32. The number of aliphatic hydroxyl groups excluding tert-OH is 1. The van der Waals surface area contributed by atoms with E-state index in [2.05, 4.69) is 9.97 Å². The quantitative estimate of drug-likeness (QED) is 0.739. The van der Waals surface area contributed by atoms with Gasteiger partial charge in [0.2, 0.25) is 5.75 Å². The molecule has 2 N–H and O–H groups in total. The average molecular weight is 227 g/mol. The van der Waals surface area contributed by atoms with E-state index in [0.717, 1.165) is 0 Å². The van der Waals surface area contributed by atoms with Gasteiger partial charge in [-0.2, -0.15) is 0 Å². The third-order valence-corrected chi connectivity index (χ3v) is 2.24. The van der Waals surface area contributed by atoms with Crippen LogP contribution in [0.3, 0.4) is 0 Å². The molecule has 0 spiro atoms. The van der Waals surface area contributed by atoms with Crippen molar-refractivity contribution in [2.75, 3.05) is 25.6 Å². The third kappa shape index (κ3) is 2.96. The molecule has 1 aromatic heterocycles. The summed E-state index contributed by atoms with van der Waals surface area (Å²) in [6.07, 6.45) is 1.56. The summed E-state index contributed by atoms with van der Waals surface area (Å²) in [6, 6.07) is 0. The predicted octanol–water partition coefficient (Wildman–Crippen LogP) is -0.0144. The molecule has 0 aliphatic heterocycles. The third-order valence-electron chi connectivity index (χ3n) is 2.24. The molecule has 0 saturated carbocycles. The Morgan fingerprint density at radius 1 is 1.69 bits per heavy atom. The van der Waals surface area contributed by atoms with Crippen LogP contribution in [0.1, 0.15) is 13.3 Å². The topological polar surface area (TPSA) is 78.5 Å². The monoisotopic (exact) mass is 227 g/mol. The highest BCUT2D eigenvalue weighted by molar-refractivity contribution is 5.49. The Balaban J connectivity index is 2.86. The zero-order chi connectivity index (χ0) is 12.1. The van der Waals surface area contributed by atoms with Crippen molar-refractivity contribution in [3.63, 3.8) is 0 Å². The van der Waals surface area contributed by atoms with Crippen LogP contribution >= 0.6 is 0 Å². The van der Waals surface area contributed by atoms with E-state index in [4.69, 9.17) is 4.74 Å². The number of rotatable bonds is 5. The number of methoxy groups -OCH3 is 1. The molecule has 0 aromatic carbocycles. The normalized spacial score (nSPS) is 12.2. The van der Waals surface area contributed by atoms with Crippen molar-refractivity contribution in [2.24, 2.45) is 0 Å². The van der Waals surface area contributed by atoms with Gasteiger partial charge in [-0.25, -0.2) is 4.98 Å². The molecule has 0 aliphatic rings. The first-order valence-corrected chi connectivity index (χ1v) is 5.07. The van der Waals surface area contributed by atoms with Crippen LogP contribution in [-0.2, 0) is 0 Å². The highest BCUT2D eigenvalue weighted by Crippen LogP contribution is 2.18. The predicted molar refractivity (Wildman–Crippen MR) is 61.0 cm³/mol. The number of nitrogens with zero attached hydrogens (tertiary/aromatic N) is 2. The maximum Gasteiger partial charge on any atom is 0.295 e. The number of aromatic nitrogens is 2. The van der Waals surface area contributed by atoms with Gasteiger partial charge in [-0.05, 0) is 13.3 Å². The minimum absolute atomic E-state index is 0.190. The first-order chi connectivity index (χ1) is 7.56. The highest BCUT2D eigenvalue weighted by atomic mass is 16.5. The van der Waals surface area contributed by atoms with Crippen molar-refractivity contribution < 1.29 is 9.84 Å². The van der Waals surface area contributed by atoms with Gasteiger partial charge in [0.25, 0.3) is 5.56 Å². The second-order valence-corrected chi connectivity index (χ2v) is 3.65. The van der Waals surface area contributed by atoms with Gasteiger partial charge in [0.15, 0.2) is 5.82 Å². The van der Waals surface area contributed by atoms with Crippen molar-refractivity contribution in [3.05, 3.63) is 16.7 Å². The number of H-pyrrole nitrogens is 1. The highest BCUT2D eigenvalue weighted by Gasteiger charge is 2.13. The van der Waals surface area contributed by atoms with Crippen LogP contribution in [0.5, 0.6) is 5.75 Å². The molecule has 0 amide bonds. The Morgan fingerprint density at radius 2 is 2.38 bits per heavy atom. The molecule has 0 fully saturated rings. The lowest BCUT2D eigenvalue weighted by Crippen LogP contribution is -2.25. The molecule has 0 bridgehead atoms. The molecule has 0 radical (unpaired) electrons. The van der Waals surface area contributed by atoms with Gasteiger partial charge in [-0.15, -0.1) is 0 Å². The fourth-order valence-electron chi connectivity index (χ4n) is 1.32. The summed E-state index contributed by atoms with van der Waals surface area (Å²) in [5, 5.41) is 9.18. The molecule has 1 heterocycles. The van der Waals surface area contributed by atoms with Gasteiger partial charge in [-0.3, -0.25) is 4.79 Å². The first-order valence-electron chi connectivity index (χ1n) is 5.07. The summed E-state index contributed by atoms with van der Waals surface area (Å²) in [7, 11) is 3.23. The van der Waals surface area contributed by atoms with E-state index in [0.29, 0.717) is 18.8 Å². The smallest absolute Gasteiger partial charge is 0.295 e. The molecule has 1 unspecified atom stereocenters. The van der Waals surface area contributed by atoms with E-state index < -0.39 is 0 Å². The number of aromatic amines is 1. The zero-order valence-electron chi connectivity index (χ0n) is 9.73. The van der Waals surface area contributed by atoms with E-state index in [1.54, 1.807) is 18.9 Å². The van der Waals surface area contributed by atoms with E-state index in [1.807, 2.05) is 0 Å². The molecule has 0 aliphatic carbocycles. The molecule has 1 aromatic rings. The van der Waals surface area contributed by atoms with Gasteiger partial charge >= 0.3 is 0 Å². The van der Waals surface area contributed by atoms with Gasteiger partial charge in [0.05, 0.1) is 19.5 Å². The van der Waals surface area contributed by atoms with Gasteiger partial charge < -0.3 is 19.7 Å². The minimum atomic E-state index is -0.379. The van der Waals surface area contributed by atoms with Crippen molar-refractivity contribution in [1.29, 1.82) is 0 Å². The summed E-state index contributed by atoms with van der Waals surface area (Å²) in [4.78, 5) is 19.7.